The lowest BCUT2D eigenvalue weighted by Crippen LogP contribution is -2.49. The molecule has 0 spiro atoms. The minimum atomic E-state index is -0.379. The normalized spacial score (nSPS) is 18.5. The van der Waals surface area contributed by atoms with Crippen LogP contribution in [0.1, 0.15) is 38.2 Å². The first-order valence-corrected chi connectivity index (χ1v) is 9.71. The smallest absolute Gasteiger partial charge is 0.407 e. The van der Waals surface area contributed by atoms with Gasteiger partial charge in [0.15, 0.2) is 5.96 Å². The number of guanidine groups is 1. The molecule has 0 aliphatic heterocycles. The highest BCUT2D eigenvalue weighted by atomic mass is 127. The third-order valence-electron chi connectivity index (χ3n) is 5.38. The Kier molecular flexibility index (Phi) is 8.33. The van der Waals surface area contributed by atoms with Crippen molar-refractivity contribution in [3.8, 4) is 0 Å². The predicted octanol–water partition coefficient (Wildman–Crippen LogP) is 3.17. The zero-order valence-electron chi connectivity index (χ0n) is 16.5. The van der Waals surface area contributed by atoms with E-state index in [0.717, 1.165) is 31.2 Å². The minimum absolute atomic E-state index is 0. The Morgan fingerprint density at radius 3 is 2.61 bits per heavy atom. The van der Waals surface area contributed by atoms with Gasteiger partial charge in [-0.05, 0) is 50.2 Å². The molecule has 6 nitrogen and oxygen atoms in total. The molecule has 1 unspecified atom stereocenters. The molecule has 28 heavy (non-hydrogen) atoms. The van der Waals surface area contributed by atoms with Crippen molar-refractivity contribution >= 4 is 36.0 Å². The van der Waals surface area contributed by atoms with Gasteiger partial charge < -0.3 is 20.7 Å². The number of amides is 1. The first-order chi connectivity index (χ1) is 13.1. The molecule has 1 atom stereocenters. The number of aliphatic imine (C=N–C) groups is 1. The van der Waals surface area contributed by atoms with Gasteiger partial charge in [-0.3, -0.25) is 4.99 Å². The van der Waals surface area contributed by atoms with Gasteiger partial charge in [0.05, 0.1) is 12.6 Å². The molecule has 156 valence electrons. The van der Waals surface area contributed by atoms with Crippen LogP contribution in [0.4, 0.5) is 9.18 Å². The Hall–Kier alpha value is -1.58. The number of rotatable bonds is 8. The zero-order valence-corrected chi connectivity index (χ0v) is 18.8. The minimum Gasteiger partial charge on any atom is -0.450 e. The summed E-state index contributed by atoms with van der Waals surface area (Å²) in [6, 6.07) is 7.00. The van der Waals surface area contributed by atoms with Crippen LogP contribution in [-0.4, -0.2) is 44.8 Å². The standard InChI is InChI=1S/C20H29FN4O2.HI/c1-3-27-19(26)25-17(14-8-9-14)12-23-18(22-2)24-13-20(10-11-20)15-6-4-5-7-16(15)21;/h4-7,14,17H,3,8-13H2,1-2H3,(H,25,26)(H2,22,23,24);1H. The van der Waals surface area contributed by atoms with Crippen molar-refractivity contribution in [3.05, 3.63) is 35.6 Å². The predicted molar refractivity (Wildman–Crippen MR) is 119 cm³/mol. The summed E-state index contributed by atoms with van der Waals surface area (Å²) in [5, 5.41) is 9.52. The molecule has 2 fully saturated rings. The summed E-state index contributed by atoms with van der Waals surface area (Å²) in [4.78, 5) is 16.0. The molecule has 8 heteroatoms. The molecule has 0 bridgehead atoms. The Morgan fingerprint density at radius 1 is 1.32 bits per heavy atom. The Bertz CT molecular complexity index is 693. The van der Waals surface area contributed by atoms with Gasteiger partial charge in [-0.1, -0.05) is 18.2 Å². The summed E-state index contributed by atoms with van der Waals surface area (Å²) >= 11 is 0. The maximum Gasteiger partial charge on any atom is 0.407 e. The van der Waals surface area contributed by atoms with Crippen molar-refractivity contribution in [1.82, 2.24) is 16.0 Å². The lowest BCUT2D eigenvalue weighted by atomic mass is 9.95. The van der Waals surface area contributed by atoms with Crippen molar-refractivity contribution in [2.45, 2.75) is 44.1 Å². The van der Waals surface area contributed by atoms with E-state index >= 15 is 0 Å². The number of ether oxygens (including phenoxy) is 1. The van der Waals surface area contributed by atoms with E-state index in [4.69, 9.17) is 4.74 Å². The lowest BCUT2D eigenvalue weighted by molar-refractivity contribution is 0.146. The number of hydrogen-bond acceptors (Lipinski definition) is 3. The fourth-order valence-corrected chi connectivity index (χ4v) is 3.42. The van der Waals surface area contributed by atoms with Crippen LogP contribution < -0.4 is 16.0 Å². The van der Waals surface area contributed by atoms with Crippen LogP contribution in [0.3, 0.4) is 0 Å². The van der Waals surface area contributed by atoms with Gasteiger partial charge in [-0.15, -0.1) is 24.0 Å². The highest BCUT2D eigenvalue weighted by molar-refractivity contribution is 14.0. The number of carbonyl (C=O) groups is 1. The molecule has 0 aromatic heterocycles. The van der Waals surface area contributed by atoms with E-state index in [-0.39, 0.29) is 47.3 Å². The molecule has 1 amide bonds. The first kappa shape index (κ1) is 22.7. The van der Waals surface area contributed by atoms with Crippen molar-refractivity contribution in [3.63, 3.8) is 0 Å². The largest absolute Gasteiger partial charge is 0.450 e. The van der Waals surface area contributed by atoms with Crippen LogP contribution in [0, 0.1) is 11.7 Å². The maximum absolute atomic E-state index is 14.1. The highest BCUT2D eigenvalue weighted by Gasteiger charge is 2.45. The van der Waals surface area contributed by atoms with Gasteiger partial charge in [0, 0.05) is 25.6 Å². The average Bonchev–Trinajstić information content (AvgIpc) is 3.56. The average molecular weight is 504 g/mol. The van der Waals surface area contributed by atoms with Crippen LogP contribution in [0.25, 0.3) is 0 Å². The second kappa shape index (κ2) is 10.3. The third-order valence-corrected chi connectivity index (χ3v) is 5.38. The molecule has 0 saturated heterocycles. The third kappa shape index (κ3) is 5.96. The summed E-state index contributed by atoms with van der Waals surface area (Å²) in [6.07, 6.45) is 3.78. The van der Waals surface area contributed by atoms with Crippen molar-refractivity contribution in [2.24, 2.45) is 10.9 Å². The Morgan fingerprint density at radius 2 is 2.04 bits per heavy atom. The Balaban J connectivity index is 0.00000280. The zero-order chi connectivity index (χ0) is 19.3. The highest BCUT2D eigenvalue weighted by Crippen LogP contribution is 2.48. The molecule has 3 N–H and O–H groups in total. The molecular formula is C20H30FIN4O2. The summed E-state index contributed by atoms with van der Waals surface area (Å²) in [5.74, 6) is 0.995. The monoisotopic (exact) mass is 504 g/mol. The quantitative estimate of drug-likeness (QED) is 0.289. The second-order valence-corrected chi connectivity index (χ2v) is 7.38. The molecule has 3 rings (SSSR count). The SMILES string of the molecule is CCOC(=O)NC(CNC(=NC)NCC1(c2ccccc2F)CC1)C1CC1.I. The summed E-state index contributed by atoms with van der Waals surface area (Å²) < 4.78 is 19.1. The number of nitrogens with one attached hydrogen (secondary N) is 3. The fourth-order valence-electron chi connectivity index (χ4n) is 3.42. The van der Waals surface area contributed by atoms with E-state index in [1.54, 1.807) is 20.0 Å². The van der Waals surface area contributed by atoms with Crippen molar-refractivity contribution < 1.29 is 13.9 Å². The molecule has 1 aromatic rings. The maximum atomic E-state index is 14.1. The van der Waals surface area contributed by atoms with Gasteiger partial charge in [0.1, 0.15) is 5.82 Å². The topological polar surface area (TPSA) is 74.8 Å². The van der Waals surface area contributed by atoms with Crippen LogP contribution in [0.5, 0.6) is 0 Å². The van der Waals surface area contributed by atoms with Gasteiger partial charge in [-0.25, -0.2) is 9.18 Å². The number of alkyl carbamates (subject to hydrolysis) is 1. The van der Waals surface area contributed by atoms with E-state index in [2.05, 4.69) is 20.9 Å². The Labute approximate surface area is 183 Å². The van der Waals surface area contributed by atoms with Crippen LogP contribution in [-0.2, 0) is 10.2 Å². The van der Waals surface area contributed by atoms with Gasteiger partial charge in [0.2, 0.25) is 0 Å². The van der Waals surface area contributed by atoms with Crippen molar-refractivity contribution in [1.29, 1.82) is 0 Å². The number of hydrogen-bond donors (Lipinski definition) is 3. The number of nitrogens with zero attached hydrogens (tertiary/aromatic N) is 1. The molecule has 1 aromatic carbocycles. The van der Waals surface area contributed by atoms with Gasteiger partial charge in [-0.2, -0.15) is 0 Å². The molecule has 2 aliphatic carbocycles. The van der Waals surface area contributed by atoms with Gasteiger partial charge >= 0.3 is 6.09 Å². The van der Waals surface area contributed by atoms with Crippen molar-refractivity contribution in [2.75, 3.05) is 26.7 Å². The number of benzene rings is 1. The van der Waals surface area contributed by atoms with Gasteiger partial charge in [0.25, 0.3) is 0 Å². The van der Waals surface area contributed by atoms with Crippen LogP contribution >= 0.6 is 24.0 Å². The summed E-state index contributed by atoms with van der Waals surface area (Å²) in [6.45, 7) is 3.36. The fraction of sp³-hybridized carbons (Fsp3) is 0.600. The number of carbonyl (C=O) groups excluding carboxylic acids is 1. The van der Waals surface area contributed by atoms with E-state index in [0.29, 0.717) is 31.6 Å². The molecule has 2 aliphatic rings. The molecular weight excluding hydrogens is 474 g/mol. The van der Waals surface area contributed by atoms with E-state index < -0.39 is 0 Å². The first-order valence-electron chi connectivity index (χ1n) is 9.71. The summed E-state index contributed by atoms with van der Waals surface area (Å²) in [5.41, 5.74) is 0.620. The van der Waals surface area contributed by atoms with Crippen LogP contribution in [0.15, 0.2) is 29.3 Å². The van der Waals surface area contributed by atoms with Crippen LogP contribution in [0.2, 0.25) is 0 Å². The summed E-state index contributed by atoms with van der Waals surface area (Å²) in [7, 11) is 1.71. The molecule has 0 heterocycles. The molecule has 2 saturated carbocycles. The lowest BCUT2D eigenvalue weighted by Gasteiger charge is -2.22. The van der Waals surface area contributed by atoms with E-state index in [1.165, 1.54) is 6.07 Å². The molecule has 0 radical (unpaired) electrons. The van der Waals surface area contributed by atoms with E-state index in [9.17, 15) is 9.18 Å². The second-order valence-electron chi connectivity index (χ2n) is 7.38. The van der Waals surface area contributed by atoms with E-state index in [1.807, 2.05) is 12.1 Å². The number of halogens is 2.